The van der Waals surface area contributed by atoms with Gasteiger partial charge in [-0.3, -0.25) is 4.79 Å². The summed E-state index contributed by atoms with van der Waals surface area (Å²) in [5, 5.41) is 10.0. The number of nitrogens with two attached hydrogens (primary N) is 1. The zero-order chi connectivity index (χ0) is 23.4. The zero-order valence-corrected chi connectivity index (χ0v) is 18.1. The molecule has 1 amide bonds. The first-order valence-electron chi connectivity index (χ1n) is 9.26. The Balaban J connectivity index is 2.78. The Morgan fingerprint density at radius 3 is 2.16 bits per heavy atom. The standard InChI is InChI=1S/C21H24N2O7S/c1-14(22)18(24)23(21(2,20(26)27)13-15-9-5-4-6-10-15)31(28,29)17-12-8-7-11-16(17)19(25)30-3/h4-12,14H,13,22H2,1-3H3,(H,26,27)/t14-,21-/m0/s1. The molecule has 0 saturated heterocycles. The first kappa shape index (κ1) is 24.0. The summed E-state index contributed by atoms with van der Waals surface area (Å²) < 4.78 is 32.2. The second-order valence-corrected chi connectivity index (χ2v) is 8.88. The second kappa shape index (κ2) is 9.27. The summed E-state index contributed by atoms with van der Waals surface area (Å²) in [6.45, 7) is 2.38. The molecule has 10 heteroatoms. The van der Waals surface area contributed by atoms with Crippen LogP contribution in [-0.4, -0.2) is 54.4 Å². The maximum absolute atomic E-state index is 13.6. The number of hydrogen-bond donors (Lipinski definition) is 2. The number of ether oxygens (including phenoxy) is 1. The summed E-state index contributed by atoms with van der Waals surface area (Å²) in [5.74, 6) is -3.63. The molecule has 2 aromatic rings. The van der Waals surface area contributed by atoms with E-state index < -0.39 is 44.3 Å². The van der Waals surface area contributed by atoms with E-state index in [0.29, 0.717) is 5.56 Å². The maximum Gasteiger partial charge on any atom is 0.339 e. The van der Waals surface area contributed by atoms with E-state index in [4.69, 9.17) is 5.73 Å². The fraction of sp³-hybridized carbons (Fsp3) is 0.286. The summed E-state index contributed by atoms with van der Waals surface area (Å²) >= 11 is 0. The molecule has 0 aliphatic rings. The van der Waals surface area contributed by atoms with E-state index >= 15 is 0 Å². The molecular weight excluding hydrogens is 424 g/mol. The molecule has 0 bridgehead atoms. The van der Waals surface area contributed by atoms with E-state index in [9.17, 15) is 27.9 Å². The van der Waals surface area contributed by atoms with Crippen LogP contribution in [0.1, 0.15) is 29.8 Å². The van der Waals surface area contributed by atoms with Crippen LogP contribution >= 0.6 is 0 Å². The van der Waals surface area contributed by atoms with Gasteiger partial charge in [0.2, 0.25) is 0 Å². The van der Waals surface area contributed by atoms with Crippen LogP contribution in [0, 0.1) is 0 Å². The molecule has 2 aromatic carbocycles. The van der Waals surface area contributed by atoms with Crippen molar-refractivity contribution < 1.29 is 32.6 Å². The topological polar surface area (TPSA) is 144 Å². The highest BCUT2D eigenvalue weighted by molar-refractivity contribution is 7.89. The molecule has 0 spiro atoms. The van der Waals surface area contributed by atoms with Crippen molar-refractivity contribution in [1.82, 2.24) is 4.31 Å². The summed E-state index contributed by atoms with van der Waals surface area (Å²) in [5.41, 5.74) is 3.62. The Bertz CT molecular complexity index is 1080. The fourth-order valence-corrected chi connectivity index (χ4v) is 5.06. The molecule has 0 fully saturated rings. The third-order valence-corrected chi connectivity index (χ3v) is 6.68. The van der Waals surface area contributed by atoms with Crippen molar-refractivity contribution in [2.45, 2.75) is 36.7 Å². The van der Waals surface area contributed by atoms with E-state index in [2.05, 4.69) is 4.74 Å². The Kier molecular flexibility index (Phi) is 7.19. The number of rotatable bonds is 8. The lowest BCUT2D eigenvalue weighted by molar-refractivity contribution is -0.152. The largest absolute Gasteiger partial charge is 0.479 e. The number of nitrogens with zero attached hydrogens (tertiary/aromatic N) is 1. The number of carbonyl (C=O) groups excluding carboxylic acids is 2. The first-order chi connectivity index (χ1) is 14.5. The third kappa shape index (κ3) is 4.75. The molecule has 9 nitrogen and oxygen atoms in total. The number of sulfonamides is 1. The molecule has 2 rings (SSSR count). The van der Waals surface area contributed by atoms with Gasteiger partial charge >= 0.3 is 11.9 Å². The van der Waals surface area contributed by atoms with Crippen molar-refractivity contribution in [2.24, 2.45) is 5.73 Å². The molecule has 0 saturated carbocycles. The van der Waals surface area contributed by atoms with E-state index in [0.717, 1.165) is 20.1 Å². The van der Waals surface area contributed by atoms with Gasteiger partial charge < -0.3 is 15.6 Å². The van der Waals surface area contributed by atoms with Gasteiger partial charge in [-0.1, -0.05) is 42.5 Å². The average molecular weight is 448 g/mol. The number of carbonyl (C=O) groups is 3. The Labute approximate surface area is 180 Å². The predicted octanol–water partition coefficient (Wildman–Crippen LogP) is 1.42. The normalized spacial score (nSPS) is 14.2. The lowest BCUT2D eigenvalue weighted by Gasteiger charge is -2.38. The monoisotopic (exact) mass is 448 g/mol. The van der Waals surface area contributed by atoms with Crippen molar-refractivity contribution in [3.63, 3.8) is 0 Å². The number of carboxylic acid groups (broad SMARTS) is 1. The van der Waals surface area contributed by atoms with Gasteiger partial charge in [0.15, 0.2) is 5.54 Å². The van der Waals surface area contributed by atoms with Crippen molar-refractivity contribution in [1.29, 1.82) is 0 Å². The number of aliphatic carboxylic acids is 1. The fourth-order valence-electron chi connectivity index (χ4n) is 3.11. The molecule has 0 aliphatic heterocycles. The number of amides is 1. The van der Waals surface area contributed by atoms with Crippen LogP contribution in [0.4, 0.5) is 0 Å². The second-order valence-electron chi connectivity index (χ2n) is 7.13. The average Bonchev–Trinajstić information content (AvgIpc) is 2.73. The number of benzene rings is 2. The summed E-state index contributed by atoms with van der Waals surface area (Å²) in [6, 6.07) is 12.0. The van der Waals surface area contributed by atoms with Crippen molar-refractivity contribution >= 4 is 27.9 Å². The lowest BCUT2D eigenvalue weighted by Crippen LogP contribution is -2.61. The summed E-state index contributed by atoms with van der Waals surface area (Å²) in [4.78, 5) is 36.9. The van der Waals surface area contributed by atoms with Crippen molar-refractivity contribution in [3.8, 4) is 0 Å². The van der Waals surface area contributed by atoms with Crippen LogP contribution in [-0.2, 0) is 30.8 Å². The lowest BCUT2D eigenvalue weighted by atomic mass is 9.92. The number of carboxylic acids is 1. The van der Waals surface area contributed by atoms with Gasteiger partial charge in [0.05, 0.1) is 18.7 Å². The first-order valence-corrected chi connectivity index (χ1v) is 10.7. The molecule has 31 heavy (non-hydrogen) atoms. The highest BCUT2D eigenvalue weighted by atomic mass is 32.2. The van der Waals surface area contributed by atoms with E-state index in [1.54, 1.807) is 30.3 Å². The van der Waals surface area contributed by atoms with Gasteiger partial charge in [0, 0.05) is 6.42 Å². The SMILES string of the molecule is COC(=O)c1ccccc1S(=O)(=O)N(C(=O)[C@H](C)N)[C@@](C)(Cc1ccccc1)C(=O)O. The summed E-state index contributed by atoms with van der Waals surface area (Å²) in [6.07, 6.45) is -0.318. The zero-order valence-electron chi connectivity index (χ0n) is 17.3. The summed E-state index contributed by atoms with van der Waals surface area (Å²) in [7, 11) is -3.75. The third-order valence-electron chi connectivity index (χ3n) is 4.70. The van der Waals surface area contributed by atoms with Crippen LogP contribution < -0.4 is 5.73 Å². The van der Waals surface area contributed by atoms with Crippen LogP contribution in [0.15, 0.2) is 59.5 Å². The minimum Gasteiger partial charge on any atom is -0.479 e. The van der Waals surface area contributed by atoms with Gasteiger partial charge in [-0.15, -0.1) is 0 Å². The Morgan fingerprint density at radius 2 is 1.65 bits per heavy atom. The highest BCUT2D eigenvalue weighted by Crippen LogP contribution is 2.31. The quantitative estimate of drug-likeness (QED) is 0.577. The van der Waals surface area contributed by atoms with E-state index in [1.165, 1.54) is 25.1 Å². The van der Waals surface area contributed by atoms with Crippen LogP contribution in [0.5, 0.6) is 0 Å². The molecule has 0 aliphatic carbocycles. The van der Waals surface area contributed by atoms with Gasteiger partial charge in [-0.2, -0.15) is 0 Å². The predicted molar refractivity (Wildman–Crippen MR) is 112 cm³/mol. The van der Waals surface area contributed by atoms with Crippen LogP contribution in [0.25, 0.3) is 0 Å². The van der Waals surface area contributed by atoms with Gasteiger partial charge in [-0.25, -0.2) is 22.3 Å². The van der Waals surface area contributed by atoms with Crippen molar-refractivity contribution in [3.05, 3.63) is 65.7 Å². The van der Waals surface area contributed by atoms with Gasteiger partial charge in [-0.05, 0) is 31.5 Å². The minimum absolute atomic E-state index is 0.266. The Hall–Kier alpha value is -3.24. The van der Waals surface area contributed by atoms with Gasteiger partial charge in [0.25, 0.3) is 15.9 Å². The van der Waals surface area contributed by atoms with E-state index in [-0.39, 0.29) is 16.3 Å². The minimum atomic E-state index is -4.83. The molecule has 0 unspecified atom stereocenters. The number of esters is 1. The molecule has 2 atom stereocenters. The molecule has 0 heterocycles. The molecule has 0 radical (unpaired) electrons. The van der Waals surface area contributed by atoms with Crippen molar-refractivity contribution in [2.75, 3.05) is 7.11 Å². The van der Waals surface area contributed by atoms with Crippen LogP contribution in [0.2, 0.25) is 0 Å². The molecular formula is C21H24N2O7S. The Morgan fingerprint density at radius 1 is 1.10 bits per heavy atom. The van der Waals surface area contributed by atoms with Crippen LogP contribution in [0.3, 0.4) is 0 Å². The number of hydrogen-bond acceptors (Lipinski definition) is 7. The number of methoxy groups -OCH3 is 1. The van der Waals surface area contributed by atoms with Gasteiger partial charge in [0.1, 0.15) is 4.90 Å². The highest BCUT2D eigenvalue weighted by Gasteiger charge is 2.51. The molecule has 166 valence electrons. The smallest absolute Gasteiger partial charge is 0.339 e. The molecule has 0 aromatic heterocycles. The molecule has 3 N–H and O–H groups in total. The van der Waals surface area contributed by atoms with E-state index in [1.807, 2.05) is 0 Å². The maximum atomic E-state index is 13.6.